The Morgan fingerprint density at radius 3 is 2.86 bits per heavy atom. The molecule has 2 rings (SSSR count). The fraction of sp³-hybridized carbons (Fsp3) is 0.812. The van der Waals surface area contributed by atoms with E-state index in [0.29, 0.717) is 12.5 Å². The van der Waals surface area contributed by atoms with Gasteiger partial charge in [-0.2, -0.15) is 0 Å². The molecule has 1 saturated heterocycles. The van der Waals surface area contributed by atoms with Crippen LogP contribution in [0.4, 0.5) is 0 Å². The summed E-state index contributed by atoms with van der Waals surface area (Å²) in [5.74, 6) is 1.61. The summed E-state index contributed by atoms with van der Waals surface area (Å²) in [5.41, 5.74) is 2.37. The number of imidazole rings is 1. The van der Waals surface area contributed by atoms with Gasteiger partial charge in [-0.05, 0) is 58.7 Å². The van der Waals surface area contributed by atoms with Crippen LogP contribution in [0.3, 0.4) is 0 Å². The number of hydrogen-bond donors (Lipinski definition) is 2. The SMILES string of the molecule is Cc1nc(CNCCCN2CCCC(CO)C2)n(C)c1C. The van der Waals surface area contributed by atoms with Crippen molar-refractivity contribution < 1.29 is 5.11 Å². The van der Waals surface area contributed by atoms with Gasteiger partial charge in [0.25, 0.3) is 0 Å². The van der Waals surface area contributed by atoms with Crippen molar-refractivity contribution in [3.05, 3.63) is 17.2 Å². The van der Waals surface area contributed by atoms with Crippen LogP contribution in [-0.2, 0) is 13.6 Å². The monoisotopic (exact) mass is 294 g/mol. The van der Waals surface area contributed by atoms with Crippen LogP contribution < -0.4 is 5.32 Å². The van der Waals surface area contributed by atoms with Crippen molar-refractivity contribution in [1.82, 2.24) is 19.8 Å². The Labute approximate surface area is 128 Å². The van der Waals surface area contributed by atoms with E-state index < -0.39 is 0 Å². The Morgan fingerprint density at radius 2 is 2.19 bits per heavy atom. The Bertz CT molecular complexity index is 444. The van der Waals surface area contributed by atoms with E-state index in [1.807, 2.05) is 0 Å². The zero-order valence-electron chi connectivity index (χ0n) is 13.7. The van der Waals surface area contributed by atoms with Crippen LogP contribution in [0.15, 0.2) is 0 Å². The number of aliphatic hydroxyl groups excluding tert-OH is 1. The van der Waals surface area contributed by atoms with Gasteiger partial charge < -0.3 is 19.9 Å². The molecule has 120 valence electrons. The number of rotatable bonds is 7. The van der Waals surface area contributed by atoms with Crippen LogP contribution in [0.5, 0.6) is 0 Å². The molecule has 0 aromatic carbocycles. The maximum Gasteiger partial charge on any atom is 0.122 e. The fourth-order valence-corrected chi connectivity index (χ4v) is 3.08. The lowest BCUT2D eigenvalue weighted by atomic mass is 9.99. The third kappa shape index (κ3) is 4.53. The van der Waals surface area contributed by atoms with Crippen LogP contribution in [-0.4, -0.2) is 52.3 Å². The molecular formula is C16H30N4O. The largest absolute Gasteiger partial charge is 0.396 e. The standard InChI is InChI=1S/C16H30N4O/c1-13-14(2)19(3)16(18-13)10-17-7-5-9-20-8-4-6-15(11-20)12-21/h15,17,21H,4-12H2,1-3H3. The van der Waals surface area contributed by atoms with Crippen molar-refractivity contribution in [3.8, 4) is 0 Å². The van der Waals surface area contributed by atoms with Gasteiger partial charge >= 0.3 is 0 Å². The van der Waals surface area contributed by atoms with E-state index in [4.69, 9.17) is 0 Å². The van der Waals surface area contributed by atoms with Crippen molar-refractivity contribution in [2.24, 2.45) is 13.0 Å². The van der Waals surface area contributed by atoms with Crippen molar-refractivity contribution in [1.29, 1.82) is 0 Å². The van der Waals surface area contributed by atoms with Crippen molar-refractivity contribution in [2.45, 2.75) is 39.7 Å². The van der Waals surface area contributed by atoms with E-state index >= 15 is 0 Å². The Morgan fingerprint density at radius 1 is 1.38 bits per heavy atom. The van der Waals surface area contributed by atoms with E-state index in [2.05, 4.69) is 40.7 Å². The van der Waals surface area contributed by atoms with Crippen LogP contribution in [0, 0.1) is 19.8 Å². The Hall–Kier alpha value is -0.910. The Kier molecular flexibility index (Phi) is 6.21. The molecule has 0 amide bonds. The molecule has 5 nitrogen and oxygen atoms in total. The first-order valence-corrected chi connectivity index (χ1v) is 8.14. The second-order valence-corrected chi connectivity index (χ2v) is 6.28. The number of nitrogens with zero attached hydrogens (tertiary/aromatic N) is 3. The van der Waals surface area contributed by atoms with Gasteiger partial charge in [-0.1, -0.05) is 0 Å². The smallest absolute Gasteiger partial charge is 0.122 e. The Balaban J connectivity index is 1.62. The van der Waals surface area contributed by atoms with Crippen LogP contribution >= 0.6 is 0 Å². The third-order valence-corrected chi connectivity index (χ3v) is 4.68. The molecule has 1 atom stereocenters. The van der Waals surface area contributed by atoms with Crippen LogP contribution in [0.1, 0.15) is 36.5 Å². The molecule has 1 aliphatic heterocycles. The highest BCUT2D eigenvalue weighted by molar-refractivity contribution is 5.13. The van der Waals surface area contributed by atoms with E-state index in [1.54, 1.807) is 0 Å². The van der Waals surface area contributed by atoms with Crippen LogP contribution in [0.25, 0.3) is 0 Å². The minimum absolute atomic E-state index is 0.340. The summed E-state index contributed by atoms with van der Waals surface area (Å²) in [6.45, 7) is 9.75. The van der Waals surface area contributed by atoms with Gasteiger partial charge in [-0.15, -0.1) is 0 Å². The lowest BCUT2D eigenvalue weighted by Gasteiger charge is -2.31. The molecule has 1 aromatic rings. The first-order valence-electron chi connectivity index (χ1n) is 8.14. The summed E-state index contributed by atoms with van der Waals surface area (Å²) >= 11 is 0. The topological polar surface area (TPSA) is 53.3 Å². The van der Waals surface area contributed by atoms with Gasteiger partial charge in [0.15, 0.2) is 0 Å². The minimum atomic E-state index is 0.340. The maximum atomic E-state index is 9.25. The third-order valence-electron chi connectivity index (χ3n) is 4.68. The zero-order valence-corrected chi connectivity index (χ0v) is 13.7. The molecule has 21 heavy (non-hydrogen) atoms. The van der Waals surface area contributed by atoms with E-state index in [1.165, 1.54) is 25.1 Å². The number of nitrogens with one attached hydrogen (secondary N) is 1. The highest BCUT2D eigenvalue weighted by atomic mass is 16.3. The quantitative estimate of drug-likeness (QED) is 0.743. The van der Waals surface area contributed by atoms with Gasteiger partial charge in [-0.25, -0.2) is 4.98 Å². The predicted molar refractivity (Wildman–Crippen MR) is 85.3 cm³/mol. The zero-order chi connectivity index (χ0) is 15.2. The molecule has 0 saturated carbocycles. The summed E-state index contributed by atoms with van der Waals surface area (Å²) in [6, 6.07) is 0. The fourth-order valence-electron chi connectivity index (χ4n) is 3.08. The molecule has 1 aromatic heterocycles. The summed E-state index contributed by atoms with van der Waals surface area (Å²) in [4.78, 5) is 7.07. The molecule has 2 N–H and O–H groups in total. The molecule has 1 aliphatic rings. The minimum Gasteiger partial charge on any atom is -0.396 e. The van der Waals surface area contributed by atoms with Crippen LogP contribution in [0.2, 0.25) is 0 Å². The van der Waals surface area contributed by atoms with Gasteiger partial charge in [0.05, 0.1) is 12.2 Å². The molecule has 1 fully saturated rings. The molecule has 1 unspecified atom stereocenters. The second-order valence-electron chi connectivity index (χ2n) is 6.28. The van der Waals surface area contributed by atoms with E-state index in [-0.39, 0.29) is 0 Å². The second kappa shape index (κ2) is 7.92. The lowest BCUT2D eigenvalue weighted by Crippen LogP contribution is -2.38. The number of piperidine rings is 1. The summed E-state index contributed by atoms with van der Waals surface area (Å²) < 4.78 is 2.17. The highest BCUT2D eigenvalue weighted by Crippen LogP contribution is 2.15. The highest BCUT2D eigenvalue weighted by Gasteiger charge is 2.18. The van der Waals surface area contributed by atoms with Crippen molar-refractivity contribution in [2.75, 3.05) is 32.8 Å². The van der Waals surface area contributed by atoms with E-state index in [0.717, 1.165) is 44.1 Å². The number of likely N-dealkylation sites (tertiary alicyclic amines) is 1. The molecular weight excluding hydrogens is 264 g/mol. The van der Waals surface area contributed by atoms with Gasteiger partial charge in [0, 0.05) is 25.9 Å². The summed E-state index contributed by atoms with van der Waals surface area (Å²) in [7, 11) is 2.08. The maximum absolute atomic E-state index is 9.25. The average molecular weight is 294 g/mol. The predicted octanol–water partition coefficient (Wildman–Crippen LogP) is 1.22. The number of hydrogen-bond acceptors (Lipinski definition) is 4. The lowest BCUT2D eigenvalue weighted by molar-refractivity contribution is 0.119. The first kappa shape index (κ1) is 16.5. The average Bonchev–Trinajstić information content (AvgIpc) is 2.74. The number of aromatic nitrogens is 2. The van der Waals surface area contributed by atoms with Gasteiger partial charge in [0.1, 0.15) is 5.82 Å². The first-order chi connectivity index (χ1) is 10.1. The molecule has 0 spiro atoms. The number of aliphatic hydroxyl groups is 1. The molecule has 0 radical (unpaired) electrons. The van der Waals surface area contributed by atoms with Crippen molar-refractivity contribution >= 4 is 0 Å². The van der Waals surface area contributed by atoms with E-state index in [9.17, 15) is 5.11 Å². The van der Waals surface area contributed by atoms with Crippen molar-refractivity contribution in [3.63, 3.8) is 0 Å². The summed E-state index contributed by atoms with van der Waals surface area (Å²) in [6.07, 6.45) is 3.56. The van der Waals surface area contributed by atoms with Gasteiger partial charge in [0.2, 0.25) is 0 Å². The molecule has 0 aliphatic carbocycles. The normalized spacial score (nSPS) is 20.1. The number of aryl methyl sites for hydroxylation is 1. The van der Waals surface area contributed by atoms with Gasteiger partial charge in [-0.3, -0.25) is 0 Å². The molecule has 5 heteroatoms. The molecule has 2 heterocycles. The summed E-state index contributed by atoms with van der Waals surface area (Å²) in [5, 5.41) is 12.7. The molecule has 0 bridgehead atoms.